The molecule has 1 aliphatic rings. The van der Waals surface area contributed by atoms with Gasteiger partial charge in [-0.05, 0) is 19.9 Å². The van der Waals surface area contributed by atoms with E-state index in [9.17, 15) is 10.1 Å². The Kier molecular flexibility index (Phi) is 3.26. The Balaban J connectivity index is 2.27. The Morgan fingerprint density at radius 2 is 2.28 bits per heavy atom. The van der Waals surface area contributed by atoms with Crippen LogP contribution in [0, 0.1) is 10.1 Å². The zero-order chi connectivity index (χ0) is 13.3. The lowest BCUT2D eigenvalue weighted by Crippen LogP contribution is -2.17. The second kappa shape index (κ2) is 4.57. The monoisotopic (exact) mass is 268 g/mol. The first-order valence-corrected chi connectivity index (χ1v) is 5.89. The molecule has 1 heterocycles. The van der Waals surface area contributed by atoms with Gasteiger partial charge < -0.3 is 4.74 Å². The Labute approximate surface area is 110 Å². The first-order chi connectivity index (χ1) is 8.37. The summed E-state index contributed by atoms with van der Waals surface area (Å²) in [5, 5.41) is 11.3. The highest BCUT2D eigenvalue weighted by Gasteiger charge is 2.27. The summed E-state index contributed by atoms with van der Waals surface area (Å²) in [6, 6.07) is 4.61. The van der Waals surface area contributed by atoms with E-state index in [-0.39, 0.29) is 11.2 Å². The van der Waals surface area contributed by atoms with Crippen LogP contribution in [0.25, 0.3) is 0 Å². The molecule has 0 aliphatic carbocycles. The number of nitro benzene ring substituents is 1. The van der Waals surface area contributed by atoms with Gasteiger partial charge in [-0.2, -0.15) is 0 Å². The fourth-order valence-corrected chi connectivity index (χ4v) is 1.94. The summed E-state index contributed by atoms with van der Waals surface area (Å²) in [6.45, 7) is 4.41. The van der Waals surface area contributed by atoms with Crippen LogP contribution in [0.5, 0.6) is 0 Å². The number of halogens is 1. The standard InChI is InChI=1S/C12H13ClN2O3/c1-12(2)7-18-11(14-12)5-8-3-4-9(13)6-10(8)15(16)17/h3-4,6H,5,7H2,1-2H3. The molecule has 18 heavy (non-hydrogen) atoms. The third kappa shape index (κ3) is 2.79. The maximum absolute atomic E-state index is 10.9. The number of nitrogens with zero attached hydrogens (tertiary/aromatic N) is 2. The van der Waals surface area contributed by atoms with Crippen LogP contribution in [0.4, 0.5) is 5.69 Å². The van der Waals surface area contributed by atoms with Crippen molar-refractivity contribution in [3.05, 3.63) is 38.9 Å². The number of benzene rings is 1. The summed E-state index contributed by atoms with van der Waals surface area (Å²) in [4.78, 5) is 14.9. The number of ether oxygens (including phenoxy) is 1. The van der Waals surface area contributed by atoms with E-state index < -0.39 is 4.92 Å². The SMILES string of the molecule is CC1(C)COC(Cc2ccc(Cl)cc2[N+](=O)[O-])=N1. The molecule has 0 unspecified atom stereocenters. The fraction of sp³-hybridized carbons (Fsp3) is 0.417. The quantitative estimate of drug-likeness (QED) is 0.625. The van der Waals surface area contributed by atoms with Crippen LogP contribution in [0.1, 0.15) is 19.4 Å². The van der Waals surface area contributed by atoms with E-state index in [2.05, 4.69) is 4.99 Å². The van der Waals surface area contributed by atoms with E-state index in [1.807, 2.05) is 13.8 Å². The van der Waals surface area contributed by atoms with Crippen molar-refractivity contribution in [3.8, 4) is 0 Å². The minimum absolute atomic E-state index is 0.00138. The molecule has 0 saturated carbocycles. The van der Waals surface area contributed by atoms with Gasteiger partial charge in [0.2, 0.25) is 0 Å². The molecule has 0 saturated heterocycles. The topological polar surface area (TPSA) is 64.7 Å². The van der Waals surface area contributed by atoms with Gasteiger partial charge in [-0.15, -0.1) is 0 Å². The number of aliphatic imine (C=N–C) groups is 1. The van der Waals surface area contributed by atoms with Gasteiger partial charge in [-0.25, -0.2) is 4.99 Å². The maximum Gasteiger partial charge on any atom is 0.274 e. The van der Waals surface area contributed by atoms with E-state index >= 15 is 0 Å². The van der Waals surface area contributed by atoms with Gasteiger partial charge in [0, 0.05) is 16.7 Å². The first-order valence-electron chi connectivity index (χ1n) is 5.52. The highest BCUT2D eigenvalue weighted by atomic mass is 35.5. The average Bonchev–Trinajstić information content (AvgIpc) is 2.60. The molecular formula is C12H13ClN2O3. The Morgan fingerprint density at radius 1 is 1.56 bits per heavy atom. The van der Waals surface area contributed by atoms with Crippen LogP contribution >= 0.6 is 11.6 Å². The number of nitro groups is 1. The Bertz CT molecular complexity index is 526. The van der Waals surface area contributed by atoms with Crippen molar-refractivity contribution >= 4 is 23.2 Å². The number of hydrogen-bond donors (Lipinski definition) is 0. The van der Waals surface area contributed by atoms with Gasteiger partial charge in [0.05, 0.1) is 16.9 Å². The zero-order valence-electron chi connectivity index (χ0n) is 10.1. The first kappa shape index (κ1) is 12.8. The van der Waals surface area contributed by atoms with E-state index in [1.165, 1.54) is 6.07 Å². The highest BCUT2D eigenvalue weighted by Crippen LogP contribution is 2.26. The summed E-state index contributed by atoms with van der Waals surface area (Å²) in [5.74, 6) is 0.533. The van der Waals surface area contributed by atoms with E-state index in [0.717, 1.165) is 0 Å². The molecule has 0 atom stereocenters. The predicted octanol–water partition coefficient (Wildman–Crippen LogP) is 3.00. The van der Waals surface area contributed by atoms with Crippen LogP contribution in [0.15, 0.2) is 23.2 Å². The van der Waals surface area contributed by atoms with Crippen molar-refractivity contribution in [2.75, 3.05) is 6.61 Å². The lowest BCUT2D eigenvalue weighted by Gasteiger charge is -2.07. The molecule has 0 amide bonds. The van der Waals surface area contributed by atoms with Crippen molar-refractivity contribution in [2.24, 2.45) is 4.99 Å². The zero-order valence-corrected chi connectivity index (χ0v) is 10.9. The van der Waals surface area contributed by atoms with Crippen LogP contribution in [0.2, 0.25) is 5.02 Å². The van der Waals surface area contributed by atoms with Crippen LogP contribution in [-0.2, 0) is 11.2 Å². The smallest absolute Gasteiger partial charge is 0.274 e. The molecule has 6 heteroatoms. The average molecular weight is 269 g/mol. The minimum atomic E-state index is -0.443. The molecule has 0 bridgehead atoms. The molecule has 0 aromatic heterocycles. The number of hydrogen-bond acceptors (Lipinski definition) is 4. The maximum atomic E-state index is 10.9. The highest BCUT2D eigenvalue weighted by molar-refractivity contribution is 6.30. The summed E-state index contributed by atoms with van der Waals surface area (Å²) in [5.41, 5.74) is 0.302. The second-order valence-electron chi connectivity index (χ2n) is 4.81. The van der Waals surface area contributed by atoms with Gasteiger partial charge in [0.25, 0.3) is 5.69 Å². The summed E-state index contributed by atoms with van der Waals surface area (Å²) in [6.07, 6.45) is 0.316. The summed E-state index contributed by atoms with van der Waals surface area (Å²) in [7, 11) is 0. The van der Waals surface area contributed by atoms with Crippen molar-refractivity contribution < 1.29 is 9.66 Å². The molecule has 2 rings (SSSR count). The molecule has 96 valence electrons. The van der Waals surface area contributed by atoms with Crippen molar-refractivity contribution in [1.29, 1.82) is 0 Å². The molecular weight excluding hydrogens is 256 g/mol. The largest absolute Gasteiger partial charge is 0.478 e. The molecule has 0 spiro atoms. The van der Waals surface area contributed by atoms with E-state index in [1.54, 1.807) is 12.1 Å². The molecule has 5 nitrogen and oxygen atoms in total. The molecule has 0 fully saturated rings. The molecule has 1 aromatic carbocycles. The Morgan fingerprint density at radius 3 is 2.83 bits per heavy atom. The summed E-state index contributed by atoms with van der Waals surface area (Å²) < 4.78 is 5.43. The predicted molar refractivity (Wildman–Crippen MR) is 69.3 cm³/mol. The van der Waals surface area contributed by atoms with Crippen LogP contribution in [-0.4, -0.2) is 23.0 Å². The van der Waals surface area contributed by atoms with E-state index in [0.29, 0.717) is 29.5 Å². The van der Waals surface area contributed by atoms with Crippen molar-refractivity contribution in [1.82, 2.24) is 0 Å². The minimum Gasteiger partial charge on any atom is -0.478 e. The third-order valence-corrected chi connectivity index (χ3v) is 2.84. The van der Waals surface area contributed by atoms with Gasteiger partial charge in [0.15, 0.2) is 5.90 Å². The van der Waals surface area contributed by atoms with Crippen LogP contribution in [0.3, 0.4) is 0 Å². The van der Waals surface area contributed by atoms with Gasteiger partial charge in [-0.1, -0.05) is 17.7 Å². The van der Waals surface area contributed by atoms with Gasteiger partial charge in [-0.3, -0.25) is 10.1 Å². The van der Waals surface area contributed by atoms with Crippen molar-refractivity contribution in [2.45, 2.75) is 25.8 Å². The lowest BCUT2D eigenvalue weighted by molar-refractivity contribution is -0.385. The Hall–Kier alpha value is -1.62. The van der Waals surface area contributed by atoms with E-state index in [4.69, 9.17) is 16.3 Å². The number of rotatable bonds is 3. The van der Waals surface area contributed by atoms with Gasteiger partial charge >= 0.3 is 0 Å². The lowest BCUT2D eigenvalue weighted by atomic mass is 10.1. The second-order valence-corrected chi connectivity index (χ2v) is 5.25. The fourth-order valence-electron chi connectivity index (χ4n) is 1.77. The molecule has 0 radical (unpaired) electrons. The molecule has 1 aromatic rings. The molecule has 0 N–H and O–H groups in total. The van der Waals surface area contributed by atoms with Crippen LogP contribution < -0.4 is 0 Å². The van der Waals surface area contributed by atoms with Gasteiger partial charge in [0.1, 0.15) is 6.61 Å². The third-order valence-electron chi connectivity index (χ3n) is 2.61. The molecule has 1 aliphatic heterocycles. The summed E-state index contributed by atoms with van der Waals surface area (Å²) >= 11 is 5.76. The normalized spacial score (nSPS) is 17.2. The van der Waals surface area contributed by atoms with Crippen molar-refractivity contribution in [3.63, 3.8) is 0 Å².